The van der Waals surface area contributed by atoms with E-state index in [2.05, 4.69) is 22.3 Å². The number of carbonyl (C=O) groups is 1. The first-order valence-corrected chi connectivity index (χ1v) is 11.6. The van der Waals surface area contributed by atoms with Crippen LogP contribution < -0.4 is 19.7 Å². The van der Waals surface area contributed by atoms with Gasteiger partial charge in [-0.15, -0.1) is 11.8 Å². The van der Waals surface area contributed by atoms with Crippen LogP contribution in [0.25, 0.3) is 0 Å². The molecule has 0 bridgehead atoms. The van der Waals surface area contributed by atoms with Crippen LogP contribution in [0.3, 0.4) is 0 Å². The molecule has 0 aliphatic carbocycles. The van der Waals surface area contributed by atoms with E-state index in [0.717, 1.165) is 35.0 Å². The van der Waals surface area contributed by atoms with Crippen molar-refractivity contribution in [2.75, 3.05) is 30.9 Å². The van der Waals surface area contributed by atoms with Crippen LogP contribution in [0.2, 0.25) is 0 Å². The highest BCUT2D eigenvalue weighted by Gasteiger charge is 2.21. The SMILES string of the molecule is CCOc1ccc(N2CCOc3cc(C(=O)NCc4ccc(SC)cc4)ccc32)cc1. The molecule has 1 aliphatic heterocycles. The first-order chi connectivity index (χ1) is 15.2. The molecule has 0 spiro atoms. The van der Waals surface area contributed by atoms with Crippen LogP contribution in [0, 0.1) is 0 Å². The second kappa shape index (κ2) is 9.79. The summed E-state index contributed by atoms with van der Waals surface area (Å²) in [7, 11) is 0. The number of rotatable bonds is 7. The van der Waals surface area contributed by atoms with E-state index >= 15 is 0 Å². The molecule has 1 N–H and O–H groups in total. The minimum Gasteiger partial charge on any atom is -0.494 e. The van der Waals surface area contributed by atoms with Gasteiger partial charge in [-0.2, -0.15) is 0 Å². The third-order valence-electron chi connectivity index (χ3n) is 5.16. The largest absolute Gasteiger partial charge is 0.494 e. The van der Waals surface area contributed by atoms with Gasteiger partial charge in [0, 0.05) is 22.7 Å². The maximum Gasteiger partial charge on any atom is 0.251 e. The molecule has 0 radical (unpaired) electrons. The van der Waals surface area contributed by atoms with E-state index in [1.54, 1.807) is 11.8 Å². The topological polar surface area (TPSA) is 50.8 Å². The van der Waals surface area contributed by atoms with Gasteiger partial charge in [-0.3, -0.25) is 4.79 Å². The van der Waals surface area contributed by atoms with Crippen LogP contribution in [0.4, 0.5) is 11.4 Å². The summed E-state index contributed by atoms with van der Waals surface area (Å²) >= 11 is 1.70. The maximum absolute atomic E-state index is 12.7. The minimum atomic E-state index is -0.112. The van der Waals surface area contributed by atoms with Crippen molar-refractivity contribution in [3.63, 3.8) is 0 Å². The molecule has 4 rings (SSSR count). The normalized spacial score (nSPS) is 12.6. The summed E-state index contributed by atoms with van der Waals surface area (Å²) in [4.78, 5) is 16.1. The van der Waals surface area contributed by atoms with Gasteiger partial charge in [0.15, 0.2) is 0 Å². The molecule has 1 amide bonds. The summed E-state index contributed by atoms with van der Waals surface area (Å²) in [6.45, 7) is 4.42. The zero-order chi connectivity index (χ0) is 21.6. The van der Waals surface area contributed by atoms with Crippen LogP contribution in [0.15, 0.2) is 71.6 Å². The summed E-state index contributed by atoms with van der Waals surface area (Å²) in [6.07, 6.45) is 2.05. The van der Waals surface area contributed by atoms with Gasteiger partial charge in [-0.05, 0) is 73.3 Å². The lowest BCUT2D eigenvalue weighted by Gasteiger charge is -2.31. The predicted octanol–water partition coefficient (Wildman–Crippen LogP) is 5.27. The van der Waals surface area contributed by atoms with E-state index in [9.17, 15) is 4.79 Å². The van der Waals surface area contributed by atoms with Gasteiger partial charge < -0.3 is 19.7 Å². The second-order valence-electron chi connectivity index (χ2n) is 7.14. The number of anilines is 2. The summed E-state index contributed by atoms with van der Waals surface area (Å²) in [5.74, 6) is 1.46. The molecule has 0 saturated carbocycles. The Balaban J connectivity index is 1.46. The average molecular weight is 435 g/mol. The number of carbonyl (C=O) groups excluding carboxylic acids is 1. The lowest BCUT2D eigenvalue weighted by molar-refractivity contribution is 0.0950. The standard InChI is InChI=1S/C25H26N2O3S/c1-3-29-21-9-7-20(8-10-21)27-14-15-30-24-16-19(6-13-23(24)27)25(28)26-17-18-4-11-22(31-2)12-5-18/h4-13,16H,3,14-15,17H2,1-2H3,(H,26,28). The van der Waals surface area contributed by atoms with Gasteiger partial charge in [-0.25, -0.2) is 0 Å². The van der Waals surface area contributed by atoms with Crippen LogP contribution in [0.1, 0.15) is 22.8 Å². The Bertz CT molecular complexity index is 1040. The van der Waals surface area contributed by atoms with Gasteiger partial charge in [0.25, 0.3) is 5.91 Å². The second-order valence-corrected chi connectivity index (χ2v) is 8.02. The van der Waals surface area contributed by atoms with Crippen molar-refractivity contribution in [3.8, 4) is 11.5 Å². The van der Waals surface area contributed by atoms with Crippen molar-refractivity contribution >= 4 is 29.0 Å². The average Bonchev–Trinajstić information content (AvgIpc) is 2.83. The minimum absolute atomic E-state index is 0.112. The molecular weight excluding hydrogens is 408 g/mol. The van der Waals surface area contributed by atoms with E-state index < -0.39 is 0 Å². The summed E-state index contributed by atoms with van der Waals surface area (Å²) < 4.78 is 11.4. The Morgan fingerprint density at radius 2 is 1.87 bits per heavy atom. The van der Waals surface area contributed by atoms with Gasteiger partial charge in [-0.1, -0.05) is 12.1 Å². The third kappa shape index (κ3) is 4.97. The number of amides is 1. The first kappa shape index (κ1) is 21.1. The van der Waals surface area contributed by atoms with Crippen molar-refractivity contribution in [1.29, 1.82) is 0 Å². The maximum atomic E-state index is 12.7. The molecule has 0 fully saturated rings. The molecule has 3 aromatic carbocycles. The van der Waals surface area contributed by atoms with E-state index in [1.165, 1.54) is 4.90 Å². The number of thioether (sulfide) groups is 1. The van der Waals surface area contributed by atoms with E-state index in [1.807, 2.05) is 67.8 Å². The van der Waals surface area contributed by atoms with Crippen LogP contribution in [-0.2, 0) is 6.54 Å². The molecule has 160 valence electrons. The van der Waals surface area contributed by atoms with Gasteiger partial charge in [0.05, 0.1) is 18.8 Å². The highest BCUT2D eigenvalue weighted by atomic mass is 32.2. The number of nitrogens with zero attached hydrogens (tertiary/aromatic N) is 1. The zero-order valence-corrected chi connectivity index (χ0v) is 18.6. The Morgan fingerprint density at radius 3 is 2.58 bits per heavy atom. The highest BCUT2D eigenvalue weighted by molar-refractivity contribution is 7.98. The number of hydrogen-bond acceptors (Lipinski definition) is 5. The van der Waals surface area contributed by atoms with Gasteiger partial charge >= 0.3 is 0 Å². The lowest BCUT2D eigenvalue weighted by Crippen LogP contribution is -2.29. The number of ether oxygens (including phenoxy) is 2. The van der Waals surface area contributed by atoms with Crippen LogP contribution in [-0.4, -0.2) is 31.9 Å². The fourth-order valence-corrected chi connectivity index (χ4v) is 3.95. The first-order valence-electron chi connectivity index (χ1n) is 10.4. The van der Waals surface area contributed by atoms with Crippen molar-refractivity contribution in [1.82, 2.24) is 5.32 Å². The predicted molar refractivity (Wildman–Crippen MR) is 126 cm³/mol. The van der Waals surface area contributed by atoms with Crippen LogP contribution in [0.5, 0.6) is 11.5 Å². The van der Waals surface area contributed by atoms with E-state index in [4.69, 9.17) is 9.47 Å². The lowest BCUT2D eigenvalue weighted by atomic mass is 10.1. The number of hydrogen-bond donors (Lipinski definition) is 1. The Hall–Kier alpha value is -3.12. The summed E-state index contributed by atoms with van der Waals surface area (Å²) in [6, 6.07) is 21.9. The smallest absolute Gasteiger partial charge is 0.251 e. The quantitative estimate of drug-likeness (QED) is 0.514. The number of nitrogens with one attached hydrogen (secondary N) is 1. The fraction of sp³-hybridized carbons (Fsp3) is 0.240. The monoisotopic (exact) mass is 434 g/mol. The Morgan fingerprint density at radius 1 is 1.10 bits per heavy atom. The van der Waals surface area contributed by atoms with E-state index in [-0.39, 0.29) is 5.91 Å². The van der Waals surface area contributed by atoms with Crippen LogP contribution >= 0.6 is 11.8 Å². The molecule has 5 nitrogen and oxygen atoms in total. The molecule has 6 heteroatoms. The number of benzene rings is 3. The molecular formula is C25H26N2O3S. The Labute approximate surface area is 187 Å². The van der Waals surface area contributed by atoms with Crippen molar-refractivity contribution in [3.05, 3.63) is 77.9 Å². The van der Waals surface area contributed by atoms with Crippen molar-refractivity contribution < 1.29 is 14.3 Å². The summed E-state index contributed by atoms with van der Waals surface area (Å²) in [5, 5.41) is 2.99. The molecule has 0 saturated heterocycles. The van der Waals surface area contributed by atoms with Gasteiger partial charge in [0.1, 0.15) is 18.1 Å². The third-order valence-corrected chi connectivity index (χ3v) is 5.90. The summed E-state index contributed by atoms with van der Waals surface area (Å²) in [5.41, 5.74) is 3.69. The fourth-order valence-electron chi connectivity index (χ4n) is 3.55. The van der Waals surface area contributed by atoms with Gasteiger partial charge in [0.2, 0.25) is 0 Å². The van der Waals surface area contributed by atoms with Crippen molar-refractivity contribution in [2.45, 2.75) is 18.4 Å². The molecule has 31 heavy (non-hydrogen) atoms. The zero-order valence-electron chi connectivity index (χ0n) is 17.8. The Kier molecular flexibility index (Phi) is 6.67. The van der Waals surface area contributed by atoms with E-state index in [0.29, 0.717) is 25.3 Å². The molecule has 1 heterocycles. The molecule has 1 aliphatic rings. The molecule has 0 atom stereocenters. The number of fused-ring (bicyclic) bond motifs is 1. The molecule has 0 aromatic heterocycles. The van der Waals surface area contributed by atoms with Crippen molar-refractivity contribution in [2.24, 2.45) is 0 Å². The highest BCUT2D eigenvalue weighted by Crippen LogP contribution is 2.37. The molecule has 0 unspecified atom stereocenters. The molecule has 3 aromatic rings.